The van der Waals surface area contributed by atoms with Gasteiger partial charge in [-0.25, -0.2) is 0 Å². The smallest absolute Gasteiger partial charge is 0.272 e. The third kappa shape index (κ3) is 4.29. The van der Waals surface area contributed by atoms with Crippen molar-refractivity contribution in [2.45, 2.75) is 13.0 Å². The Balaban J connectivity index is 1.86. The minimum atomic E-state index is -0.336. The van der Waals surface area contributed by atoms with Crippen LogP contribution in [0.2, 0.25) is 0 Å². The number of ether oxygens (including phenoxy) is 1. The van der Waals surface area contributed by atoms with Gasteiger partial charge in [-0.15, -0.1) is 0 Å². The van der Waals surface area contributed by atoms with Crippen LogP contribution in [0.5, 0.6) is 5.75 Å². The highest BCUT2D eigenvalue weighted by Gasteiger charge is 2.11. The first kappa shape index (κ1) is 15.0. The molecule has 0 amide bonds. The van der Waals surface area contributed by atoms with Crippen molar-refractivity contribution in [3.63, 3.8) is 0 Å². The van der Waals surface area contributed by atoms with Crippen LogP contribution in [0.15, 0.2) is 48.5 Å². The average molecular weight is 286 g/mol. The van der Waals surface area contributed by atoms with Gasteiger partial charge in [0.25, 0.3) is 5.69 Å². The van der Waals surface area contributed by atoms with Crippen molar-refractivity contribution < 1.29 is 9.66 Å². The van der Waals surface area contributed by atoms with Crippen LogP contribution in [-0.2, 0) is 13.0 Å². The molecule has 21 heavy (non-hydrogen) atoms. The minimum Gasteiger partial charge on any atom is -0.497 e. The van der Waals surface area contributed by atoms with Gasteiger partial charge in [-0.1, -0.05) is 30.3 Å². The maximum absolute atomic E-state index is 10.9. The fourth-order valence-corrected chi connectivity index (χ4v) is 2.14. The molecule has 0 bridgehead atoms. The van der Waals surface area contributed by atoms with Crippen LogP contribution in [0.4, 0.5) is 5.69 Å². The van der Waals surface area contributed by atoms with Crippen molar-refractivity contribution in [3.05, 3.63) is 69.8 Å². The Morgan fingerprint density at radius 2 is 2.00 bits per heavy atom. The lowest BCUT2D eigenvalue weighted by atomic mass is 10.1. The predicted octanol–water partition coefficient (Wildman–Crippen LogP) is 2.94. The van der Waals surface area contributed by atoms with Gasteiger partial charge in [0.15, 0.2) is 0 Å². The topological polar surface area (TPSA) is 64.4 Å². The summed E-state index contributed by atoms with van der Waals surface area (Å²) in [6.07, 6.45) is 0.626. The van der Waals surface area contributed by atoms with Crippen molar-refractivity contribution >= 4 is 5.69 Å². The Kier molecular flexibility index (Phi) is 5.29. The zero-order chi connectivity index (χ0) is 15.1. The number of hydrogen-bond acceptors (Lipinski definition) is 4. The van der Waals surface area contributed by atoms with E-state index in [9.17, 15) is 10.1 Å². The quantitative estimate of drug-likeness (QED) is 0.483. The Labute approximate surface area is 123 Å². The molecule has 0 aliphatic rings. The lowest BCUT2D eigenvalue weighted by Gasteiger charge is -2.07. The molecule has 0 aliphatic heterocycles. The fourth-order valence-electron chi connectivity index (χ4n) is 2.14. The van der Waals surface area contributed by atoms with Gasteiger partial charge in [-0.3, -0.25) is 10.1 Å². The van der Waals surface area contributed by atoms with Gasteiger partial charge in [0.05, 0.1) is 12.0 Å². The van der Waals surface area contributed by atoms with Crippen LogP contribution in [0, 0.1) is 10.1 Å². The lowest BCUT2D eigenvalue weighted by molar-refractivity contribution is -0.385. The highest BCUT2D eigenvalue weighted by Crippen LogP contribution is 2.17. The summed E-state index contributed by atoms with van der Waals surface area (Å²) in [5, 5.41) is 14.2. The first-order chi connectivity index (χ1) is 10.2. The van der Waals surface area contributed by atoms with Crippen LogP contribution in [-0.4, -0.2) is 18.6 Å². The average Bonchev–Trinajstić information content (AvgIpc) is 2.52. The summed E-state index contributed by atoms with van der Waals surface area (Å²) in [6.45, 7) is 1.39. The van der Waals surface area contributed by atoms with E-state index in [1.54, 1.807) is 19.2 Å². The van der Waals surface area contributed by atoms with Gasteiger partial charge < -0.3 is 10.1 Å². The van der Waals surface area contributed by atoms with E-state index >= 15 is 0 Å². The monoisotopic (exact) mass is 286 g/mol. The molecule has 0 spiro atoms. The van der Waals surface area contributed by atoms with Crippen molar-refractivity contribution in [2.75, 3.05) is 13.7 Å². The second-order valence-electron chi connectivity index (χ2n) is 4.66. The van der Waals surface area contributed by atoms with E-state index in [4.69, 9.17) is 4.74 Å². The molecule has 0 fully saturated rings. The molecule has 0 aliphatic carbocycles. The molecule has 0 heterocycles. The summed E-state index contributed by atoms with van der Waals surface area (Å²) in [6, 6.07) is 14.7. The predicted molar refractivity (Wildman–Crippen MR) is 81.5 cm³/mol. The molecule has 0 radical (unpaired) electrons. The number of nitrogens with zero attached hydrogens (tertiary/aromatic N) is 1. The third-order valence-electron chi connectivity index (χ3n) is 3.22. The Bertz CT molecular complexity index is 614. The molecule has 1 N–H and O–H groups in total. The summed E-state index contributed by atoms with van der Waals surface area (Å²) < 4.78 is 5.17. The molecule has 110 valence electrons. The molecule has 0 unspecified atom stereocenters. The second-order valence-corrected chi connectivity index (χ2v) is 4.66. The maximum Gasteiger partial charge on any atom is 0.272 e. The number of benzene rings is 2. The Morgan fingerprint density at radius 3 is 2.76 bits per heavy atom. The van der Waals surface area contributed by atoms with E-state index in [-0.39, 0.29) is 10.6 Å². The van der Waals surface area contributed by atoms with Gasteiger partial charge in [-0.2, -0.15) is 0 Å². The molecule has 2 aromatic rings. The Morgan fingerprint density at radius 1 is 1.19 bits per heavy atom. The van der Waals surface area contributed by atoms with Crippen LogP contribution < -0.4 is 10.1 Å². The molecule has 5 nitrogen and oxygen atoms in total. The van der Waals surface area contributed by atoms with Gasteiger partial charge in [-0.05, 0) is 30.7 Å². The van der Waals surface area contributed by atoms with Crippen molar-refractivity contribution in [3.8, 4) is 5.75 Å². The summed E-state index contributed by atoms with van der Waals surface area (Å²) in [5.74, 6) is 0.827. The highest BCUT2D eigenvalue weighted by molar-refractivity contribution is 5.39. The summed E-state index contributed by atoms with van der Waals surface area (Å²) in [5.41, 5.74) is 2.05. The molecular weight excluding hydrogens is 268 g/mol. The SMILES string of the molecule is COc1cccc(CNCCc2ccccc2[N+](=O)[O-])c1. The first-order valence-electron chi connectivity index (χ1n) is 6.76. The highest BCUT2D eigenvalue weighted by atomic mass is 16.6. The van der Waals surface area contributed by atoms with E-state index in [1.165, 1.54) is 6.07 Å². The molecule has 2 rings (SSSR count). The fraction of sp³-hybridized carbons (Fsp3) is 0.250. The number of nitro groups is 1. The molecule has 2 aromatic carbocycles. The largest absolute Gasteiger partial charge is 0.497 e. The summed E-state index contributed by atoms with van der Waals surface area (Å²) in [7, 11) is 1.64. The number of methoxy groups -OCH3 is 1. The normalized spacial score (nSPS) is 10.3. The van der Waals surface area contributed by atoms with Gasteiger partial charge in [0.2, 0.25) is 0 Å². The molecule has 0 atom stereocenters. The Hall–Kier alpha value is -2.40. The molecular formula is C16H18N2O3. The van der Waals surface area contributed by atoms with E-state index in [0.29, 0.717) is 19.5 Å². The third-order valence-corrected chi connectivity index (χ3v) is 3.22. The number of nitrogens with one attached hydrogen (secondary N) is 1. The molecule has 0 aromatic heterocycles. The van der Waals surface area contributed by atoms with Crippen molar-refractivity contribution in [1.82, 2.24) is 5.32 Å². The van der Waals surface area contributed by atoms with Gasteiger partial charge in [0, 0.05) is 18.2 Å². The van der Waals surface area contributed by atoms with Crippen LogP contribution in [0.25, 0.3) is 0 Å². The van der Waals surface area contributed by atoms with Gasteiger partial charge >= 0.3 is 0 Å². The van der Waals surface area contributed by atoms with Crippen molar-refractivity contribution in [2.24, 2.45) is 0 Å². The number of para-hydroxylation sites is 1. The van der Waals surface area contributed by atoms with Crippen LogP contribution in [0.3, 0.4) is 0 Å². The van der Waals surface area contributed by atoms with Gasteiger partial charge in [0.1, 0.15) is 5.75 Å². The first-order valence-corrected chi connectivity index (χ1v) is 6.76. The standard InChI is InChI=1S/C16H18N2O3/c1-21-15-7-4-5-13(11-15)12-17-10-9-14-6-2-3-8-16(14)18(19)20/h2-8,11,17H,9-10,12H2,1H3. The van der Waals surface area contributed by atoms with Crippen molar-refractivity contribution in [1.29, 1.82) is 0 Å². The minimum absolute atomic E-state index is 0.181. The van der Waals surface area contributed by atoms with Crippen LogP contribution >= 0.6 is 0 Å². The zero-order valence-corrected chi connectivity index (χ0v) is 11.9. The summed E-state index contributed by atoms with van der Waals surface area (Å²) >= 11 is 0. The molecule has 0 saturated carbocycles. The summed E-state index contributed by atoms with van der Waals surface area (Å²) in [4.78, 5) is 10.6. The lowest BCUT2D eigenvalue weighted by Crippen LogP contribution is -2.17. The second kappa shape index (κ2) is 7.40. The van der Waals surface area contributed by atoms with Crippen LogP contribution in [0.1, 0.15) is 11.1 Å². The number of hydrogen-bond donors (Lipinski definition) is 1. The van der Waals surface area contributed by atoms with E-state index in [1.807, 2.05) is 30.3 Å². The zero-order valence-electron chi connectivity index (χ0n) is 11.9. The molecule has 5 heteroatoms. The number of rotatable bonds is 7. The van der Waals surface area contributed by atoms with E-state index < -0.39 is 0 Å². The van der Waals surface area contributed by atoms with E-state index in [2.05, 4.69) is 5.32 Å². The maximum atomic E-state index is 10.9. The van der Waals surface area contributed by atoms with E-state index in [0.717, 1.165) is 16.9 Å². The molecule has 0 saturated heterocycles. The number of nitro benzene ring substituents is 1.